The van der Waals surface area contributed by atoms with Crippen LogP contribution in [0.15, 0.2) is 96.2 Å². The summed E-state index contributed by atoms with van der Waals surface area (Å²) in [6.07, 6.45) is 5.06. The predicted octanol–water partition coefficient (Wildman–Crippen LogP) is 5.55. The molecular weight excluding hydrogens is 572 g/mol. The first-order valence-electron chi connectivity index (χ1n) is 14.5. The Labute approximate surface area is 256 Å². The summed E-state index contributed by atoms with van der Waals surface area (Å²) in [4.78, 5) is 21.0. The summed E-state index contributed by atoms with van der Waals surface area (Å²) < 4.78 is 31.2. The molecule has 10 nitrogen and oxygen atoms in total. The first-order chi connectivity index (χ1) is 21.3. The summed E-state index contributed by atoms with van der Waals surface area (Å²) in [7, 11) is 0.222. The zero-order valence-electron chi connectivity index (χ0n) is 24.9. The van der Waals surface area contributed by atoms with Gasteiger partial charge in [-0.25, -0.2) is 28.1 Å². The van der Waals surface area contributed by atoms with E-state index in [1.165, 1.54) is 0 Å². The van der Waals surface area contributed by atoms with Gasteiger partial charge < -0.3 is 10.2 Å². The average molecular weight is 607 g/mol. The average Bonchev–Trinajstić information content (AvgIpc) is 3.42. The lowest BCUT2D eigenvalue weighted by atomic mass is 10.1. The van der Waals surface area contributed by atoms with Crippen molar-refractivity contribution in [2.45, 2.75) is 24.7 Å². The van der Waals surface area contributed by atoms with Gasteiger partial charge in [0.1, 0.15) is 17.0 Å². The van der Waals surface area contributed by atoms with Crippen LogP contribution in [0.4, 0.5) is 11.6 Å². The van der Waals surface area contributed by atoms with Crippen molar-refractivity contribution in [2.75, 3.05) is 37.4 Å². The zero-order valence-corrected chi connectivity index (χ0v) is 25.7. The minimum Gasteiger partial charge on any atom is -0.377 e. The van der Waals surface area contributed by atoms with Crippen molar-refractivity contribution >= 4 is 38.1 Å². The fourth-order valence-corrected chi connectivity index (χ4v) is 6.59. The van der Waals surface area contributed by atoms with E-state index in [1.54, 1.807) is 18.3 Å². The fourth-order valence-electron chi connectivity index (χ4n) is 5.29. The number of imidazole rings is 1. The number of unbranched alkanes of at least 4 members (excludes halogenated alkanes) is 1. The summed E-state index contributed by atoms with van der Waals surface area (Å²) in [6.45, 7) is 2.87. The molecule has 0 spiro atoms. The van der Waals surface area contributed by atoms with Gasteiger partial charge in [0, 0.05) is 61.7 Å². The van der Waals surface area contributed by atoms with Crippen LogP contribution in [0.25, 0.3) is 39.2 Å². The topological polar surface area (TPSA) is 117 Å². The molecule has 11 heteroatoms. The molecule has 0 aliphatic carbocycles. The van der Waals surface area contributed by atoms with E-state index < -0.39 is 10.0 Å². The lowest BCUT2D eigenvalue weighted by Gasteiger charge is -2.17. The van der Waals surface area contributed by atoms with E-state index in [0.29, 0.717) is 30.8 Å². The molecule has 224 valence electrons. The highest BCUT2D eigenvalue weighted by atomic mass is 32.2. The Balaban J connectivity index is 1.11. The molecule has 0 fully saturated rings. The van der Waals surface area contributed by atoms with Crippen molar-refractivity contribution in [1.29, 1.82) is 0 Å². The Hall–Kier alpha value is -4.87. The summed E-state index contributed by atoms with van der Waals surface area (Å²) >= 11 is 0. The fraction of sp³-hybridized carbons (Fsp3) is 0.212. The molecular formula is C33H34N8O2S. The molecule has 4 heterocycles. The quantitative estimate of drug-likeness (QED) is 0.184. The lowest BCUT2D eigenvalue weighted by Crippen LogP contribution is -2.25. The number of fused-ring (bicyclic) bond motifs is 2. The van der Waals surface area contributed by atoms with E-state index in [9.17, 15) is 8.42 Å². The van der Waals surface area contributed by atoms with Crippen LogP contribution in [0.3, 0.4) is 0 Å². The molecule has 2 aromatic carbocycles. The first kappa shape index (κ1) is 29.2. The van der Waals surface area contributed by atoms with Crippen LogP contribution in [-0.2, 0) is 10.0 Å². The molecule has 0 aliphatic rings. The predicted molar refractivity (Wildman–Crippen MR) is 175 cm³/mol. The normalized spacial score (nSPS) is 11.7. The van der Waals surface area contributed by atoms with Crippen molar-refractivity contribution in [3.8, 4) is 22.8 Å². The first-order valence-corrected chi connectivity index (χ1v) is 16.0. The maximum atomic E-state index is 13.2. The van der Waals surface area contributed by atoms with Gasteiger partial charge in [0.2, 0.25) is 16.0 Å². The van der Waals surface area contributed by atoms with Crippen LogP contribution in [0.5, 0.6) is 0 Å². The Bertz CT molecular complexity index is 2060. The monoisotopic (exact) mass is 606 g/mol. The third-order valence-electron chi connectivity index (χ3n) is 7.37. The summed E-state index contributed by atoms with van der Waals surface area (Å²) in [5, 5.41) is 4.89. The number of hydrogen-bond donors (Lipinski definition) is 2. The van der Waals surface area contributed by atoms with Crippen molar-refractivity contribution in [1.82, 2.24) is 29.1 Å². The van der Waals surface area contributed by atoms with Crippen LogP contribution in [0, 0.1) is 6.92 Å². The highest BCUT2D eigenvalue weighted by molar-refractivity contribution is 7.89. The van der Waals surface area contributed by atoms with E-state index in [1.807, 2.05) is 103 Å². The number of nitrogens with one attached hydrogen (secondary N) is 2. The number of pyridine rings is 2. The van der Waals surface area contributed by atoms with Crippen LogP contribution < -0.4 is 14.9 Å². The van der Waals surface area contributed by atoms with Gasteiger partial charge in [0.15, 0.2) is 0 Å². The van der Waals surface area contributed by atoms with Crippen molar-refractivity contribution < 1.29 is 8.42 Å². The van der Waals surface area contributed by atoms with Crippen LogP contribution in [0.1, 0.15) is 18.5 Å². The van der Waals surface area contributed by atoms with Crippen LogP contribution >= 0.6 is 0 Å². The van der Waals surface area contributed by atoms with Crippen molar-refractivity contribution in [2.24, 2.45) is 0 Å². The van der Waals surface area contributed by atoms with Gasteiger partial charge in [0.05, 0.1) is 16.3 Å². The zero-order chi connectivity index (χ0) is 30.7. The molecule has 44 heavy (non-hydrogen) atoms. The van der Waals surface area contributed by atoms with Crippen molar-refractivity contribution in [3.05, 3.63) is 97.0 Å². The smallest absolute Gasteiger partial charge is 0.241 e. The molecule has 0 saturated heterocycles. The highest BCUT2D eigenvalue weighted by Gasteiger charge is 2.20. The third kappa shape index (κ3) is 5.97. The maximum Gasteiger partial charge on any atom is 0.241 e. The Morgan fingerprint density at radius 1 is 0.795 bits per heavy atom. The largest absolute Gasteiger partial charge is 0.377 e. The molecule has 2 N–H and O–H groups in total. The van der Waals surface area contributed by atoms with E-state index in [0.717, 1.165) is 51.6 Å². The molecule has 6 rings (SSSR count). The van der Waals surface area contributed by atoms with Gasteiger partial charge in [-0.2, -0.15) is 0 Å². The Kier molecular flexibility index (Phi) is 8.23. The minimum atomic E-state index is -3.67. The molecule has 0 bridgehead atoms. The summed E-state index contributed by atoms with van der Waals surface area (Å²) in [6, 6.07) is 24.7. The number of sulfonamides is 1. The standard InChI is InChI=1S/C33H34N8O2S/c1-23-11-8-14-26(37-23)31-32(41-22-7-4-17-30(41)39-31)27-18-21-35-33(38-27)34-19-5-6-20-36-44(42,43)29-16-10-12-24-25(29)13-9-15-28(24)40(2)3/h4,7-18,21-22,36H,5-6,19-20H2,1-3H3,(H,34,35,38). The number of anilines is 2. The lowest BCUT2D eigenvalue weighted by molar-refractivity contribution is 0.578. The molecule has 0 atom stereocenters. The van der Waals surface area contributed by atoms with E-state index in [4.69, 9.17) is 15.0 Å². The van der Waals surface area contributed by atoms with Gasteiger partial charge in [-0.1, -0.05) is 36.4 Å². The summed E-state index contributed by atoms with van der Waals surface area (Å²) in [5.74, 6) is 0.490. The number of nitrogens with zero attached hydrogens (tertiary/aromatic N) is 6. The number of hydrogen-bond acceptors (Lipinski definition) is 8. The van der Waals surface area contributed by atoms with Gasteiger partial charge in [-0.05, 0) is 62.2 Å². The second-order valence-corrected chi connectivity index (χ2v) is 12.5. The van der Waals surface area contributed by atoms with Gasteiger partial charge in [-0.3, -0.25) is 9.38 Å². The van der Waals surface area contributed by atoms with Crippen LogP contribution in [0.2, 0.25) is 0 Å². The maximum absolute atomic E-state index is 13.2. The molecule has 4 aromatic heterocycles. The molecule has 6 aromatic rings. The molecule has 0 amide bonds. The van der Waals surface area contributed by atoms with E-state index >= 15 is 0 Å². The SMILES string of the molecule is Cc1cccc(-c2nc3ccccn3c2-c2ccnc(NCCCCNS(=O)(=O)c3cccc4c(N(C)C)cccc34)n2)n1. The number of benzene rings is 2. The number of aryl methyl sites for hydroxylation is 1. The highest BCUT2D eigenvalue weighted by Crippen LogP contribution is 2.32. The molecule has 0 saturated carbocycles. The summed E-state index contributed by atoms with van der Waals surface area (Å²) in [5.41, 5.74) is 5.78. The van der Waals surface area contributed by atoms with Gasteiger partial charge in [-0.15, -0.1) is 0 Å². The molecule has 0 aliphatic heterocycles. The second kappa shape index (κ2) is 12.4. The molecule has 0 unspecified atom stereocenters. The number of rotatable bonds is 11. The van der Waals surface area contributed by atoms with E-state index in [2.05, 4.69) is 15.0 Å². The van der Waals surface area contributed by atoms with Crippen LogP contribution in [-0.4, -0.2) is 59.9 Å². The molecule has 0 radical (unpaired) electrons. The van der Waals surface area contributed by atoms with Crippen molar-refractivity contribution in [3.63, 3.8) is 0 Å². The Morgan fingerprint density at radius 2 is 1.59 bits per heavy atom. The minimum absolute atomic E-state index is 0.287. The van der Waals surface area contributed by atoms with Gasteiger partial charge in [0.25, 0.3) is 0 Å². The second-order valence-electron chi connectivity index (χ2n) is 10.7. The Morgan fingerprint density at radius 3 is 2.43 bits per heavy atom. The third-order valence-corrected chi connectivity index (χ3v) is 8.89. The number of aromatic nitrogens is 5. The van der Waals surface area contributed by atoms with Gasteiger partial charge >= 0.3 is 0 Å². The van der Waals surface area contributed by atoms with E-state index in [-0.39, 0.29) is 4.90 Å².